The second kappa shape index (κ2) is 7.18. The number of benzene rings is 3. The molecular formula is C22H21NO2S. The number of aryl methyl sites for hydroxylation is 1. The third-order valence-electron chi connectivity index (χ3n) is 4.29. The monoisotopic (exact) mass is 363 g/mol. The van der Waals surface area contributed by atoms with Crippen LogP contribution in [0, 0.1) is 6.92 Å². The molecule has 3 aromatic carbocycles. The number of anilines is 1. The van der Waals surface area contributed by atoms with Crippen molar-refractivity contribution in [3.8, 4) is 0 Å². The molecule has 0 amide bonds. The molecule has 3 nitrogen and oxygen atoms in total. The van der Waals surface area contributed by atoms with E-state index in [1.165, 1.54) is 4.31 Å². The Hall–Kier alpha value is -2.85. The number of rotatable bonds is 6. The number of nitrogens with zero attached hydrogens (tertiary/aromatic N) is 1. The van der Waals surface area contributed by atoms with Crippen LogP contribution in [0.1, 0.15) is 11.1 Å². The highest BCUT2D eigenvalue weighted by Crippen LogP contribution is 2.32. The minimum Gasteiger partial charge on any atom is -0.262 e. The van der Waals surface area contributed by atoms with Crippen molar-refractivity contribution in [2.45, 2.75) is 11.8 Å². The fourth-order valence-electron chi connectivity index (χ4n) is 2.91. The molecule has 0 radical (unpaired) electrons. The van der Waals surface area contributed by atoms with Gasteiger partial charge in [-0.15, -0.1) is 6.58 Å². The van der Waals surface area contributed by atoms with Gasteiger partial charge in [0.25, 0.3) is 10.0 Å². The van der Waals surface area contributed by atoms with Crippen LogP contribution in [0.15, 0.2) is 84.8 Å². The summed E-state index contributed by atoms with van der Waals surface area (Å²) in [6.45, 7) is 9.70. The number of fused-ring (bicyclic) bond motifs is 1. The second-order valence-electron chi connectivity index (χ2n) is 6.10. The minimum absolute atomic E-state index is 0.176. The zero-order valence-electron chi connectivity index (χ0n) is 14.7. The smallest absolute Gasteiger partial charge is 0.262 e. The maximum atomic E-state index is 13.3. The molecular weight excluding hydrogens is 342 g/mol. The van der Waals surface area contributed by atoms with Crippen molar-refractivity contribution in [1.29, 1.82) is 0 Å². The van der Waals surface area contributed by atoms with Gasteiger partial charge >= 0.3 is 0 Å². The average Bonchev–Trinajstić information content (AvgIpc) is 2.65. The highest BCUT2D eigenvalue weighted by molar-refractivity contribution is 7.92. The van der Waals surface area contributed by atoms with E-state index < -0.39 is 10.0 Å². The lowest BCUT2D eigenvalue weighted by atomic mass is 10.0. The van der Waals surface area contributed by atoms with Crippen LogP contribution in [0.4, 0.5) is 5.69 Å². The van der Waals surface area contributed by atoms with E-state index >= 15 is 0 Å². The first kappa shape index (κ1) is 18.0. The van der Waals surface area contributed by atoms with Crippen molar-refractivity contribution in [3.05, 3.63) is 91.0 Å². The van der Waals surface area contributed by atoms with Crippen molar-refractivity contribution in [3.63, 3.8) is 0 Å². The van der Waals surface area contributed by atoms with Crippen molar-refractivity contribution in [2.75, 3.05) is 10.8 Å². The summed E-state index contributed by atoms with van der Waals surface area (Å²) >= 11 is 0. The van der Waals surface area contributed by atoms with Crippen molar-refractivity contribution >= 4 is 32.6 Å². The van der Waals surface area contributed by atoms with Gasteiger partial charge in [-0.05, 0) is 47.5 Å². The summed E-state index contributed by atoms with van der Waals surface area (Å²) < 4.78 is 27.9. The van der Waals surface area contributed by atoms with E-state index in [0.29, 0.717) is 5.69 Å². The average molecular weight is 363 g/mol. The molecule has 0 aliphatic heterocycles. The van der Waals surface area contributed by atoms with Gasteiger partial charge in [0, 0.05) is 0 Å². The van der Waals surface area contributed by atoms with Gasteiger partial charge in [-0.2, -0.15) is 0 Å². The van der Waals surface area contributed by atoms with Gasteiger partial charge < -0.3 is 0 Å². The normalized spacial score (nSPS) is 11.3. The Morgan fingerprint density at radius 2 is 1.58 bits per heavy atom. The molecule has 132 valence electrons. The summed E-state index contributed by atoms with van der Waals surface area (Å²) in [4.78, 5) is 0.258. The van der Waals surface area contributed by atoms with Gasteiger partial charge in [-0.3, -0.25) is 4.31 Å². The summed E-state index contributed by atoms with van der Waals surface area (Å²) in [6.07, 6.45) is 3.27. The van der Waals surface area contributed by atoms with Gasteiger partial charge in [-0.1, -0.05) is 60.7 Å². The summed E-state index contributed by atoms with van der Waals surface area (Å²) in [5, 5.41) is 2.01. The van der Waals surface area contributed by atoms with Crippen LogP contribution in [0.3, 0.4) is 0 Å². The second-order valence-corrected chi connectivity index (χ2v) is 7.96. The predicted octanol–water partition coefficient (Wildman–Crippen LogP) is 5.17. The molecule has 3 aromatic rings. The number of sulfonamides is 1. The van der Waals surface area contributed by atoms with E-state index in [0.717, 1.165) is 21.9 Å². The fraction of sp³-hybridized carbons (Fsp3) is 0.0909. The van der Waals surface area contributed by atoms with Gasteiger partial charge in [-0.25, -0.2) is 8.42 Å². The standard InChI is InChI=1S/C22H21NO2S/c1-4-14-23(26(24,25)21-12-10-17(3)11-13-21)22-16-20-9-7-6-8-19(20)15-18(22)5-2/h4-13,15-16H,1-2,14H2,3H3. The molecule has 0 unspecified atom stereocenters. The first-order valence-electron chi connectivity index (χ1n) is 8.33. The van der Waals surface area contributed by atoms with Gasteiger partial charge in [0.15, 0.2) is 0 Å². The molecule has 3 rings (SSSR count). The van der Waals surface area contributed by atoms with Crippen LogP contribution >= 0.6 is 0 Å². The molecule has 26 heavy (non-hydrogen) atoms. The van der Waals surface area contributed by atoms with Crippen LogP contribution in [0.2, 0.25) is 0 Å². The lowest BCUT2D eigenvalue weighted by molar-refractivity contribution is 0.593. The zero-order valence-corrected chi connectivity index (χ0v) is 15.5. The summed E-state index contributed by atoms with van der Waals surface area (Å²) in [5.74, 6) is 0. The molecule has 0 aromatic heterocycles. The molecule has 0 fully saturated rings. The SMILES string of the molecule is C=CCN(c1cc2ccccc2cc1C=C)S(=O)(=O)c1ccc(C)cc1. The Kier molecular flexibility index (Phi) is 4.96. The Morgan fingerprint density at radius 1 is 0.962 bits per heavy atom. The lowest BCUT2D eigenvalue weighted by Crippen LogP contribution is -2.31. The van der Waals surface area contributed by atoms with Crippen LogP contribution in [0.5, 0.6) is 0 Å². The van der Waals surface area contributed by atoms with E-state index in [4.69, 9.17) is 0 Å². The molecule has 0 aliphatic rings. The quantitative estimate of drug-likeness (QED) is 0.566. The number of hydrogen-bond acceptors (Lipinski definition) is 2. The largest absolute Gasteiger partial charge is 0.264 e. The van der Waals surface area contributed by atoms with Crippen LogP contribution < -0.4 is 4.31 Å². The molecule has 0 bridgehead atoms. The fourth-order valence-corrected chi connectivity index (χ4v) is 4.36. The Balaban J connectivity index is 2.22. The summed E-state index contributed by atoms with van der Waals surface area (Å²) in [6, 6.07) is 18.6. The molecule has 0 aliphatic carbocycles. The first-order valence-corrected chi connectivity index (χ1v) is 9.77. The maximum Gasteiger partial charge on any atom is 0.264 e. The molecule has 0 atom stereocenters. The van der Waals surface area contributed by atoms with E-state index in [1.807, 2.05) is 43.3 Å². The van der Waals surface area contributed by atoms with E-state index in [9.17, 15) is 8.42 Å². The molecule has 0 saturated carbocycles. The van der Waals surface area contributed by atoms with Crippen molar-refractivity contribution in [1.82, 2.24) is 0 Å². The predicted molar refractivity (Wildman–Crippen MR) is 110 cm³/mol. The van der Waals surface area contributed by atoms with Gasteiger partial charge in [0.2, 0.25) is 0 Å². The molecule has 0 heterocycles. The summed E-state index contributed by atoms with van der Waals surface area (Å²) in [7, 11) is -3.72. The highest BCUT2D eigenvalue weighted by atomic mass is 32.2. The third-order valence-corrected chi connectivity index (χ3v) is 6.08. The van der Waals surface area contributed by atoms with Crippen LogP contribution in [-0.4, -0.2) is 15.0 Å². The zero-order chi connectivity index (χ0) is 18.7. The first-order chi connectivity index (χ1) is 12.5. The van der Waals surface area contributed by atoms with Gasteiger partial charge in [0.1, 0.15) is 0 Å². The molecule has 0 N–H and O–H groups in total. The van der Waals surface area contributed by atoms with E-state index in [1.54, 1.807) is 36.4 Å². The third kappa shape index (κ3) is 3.28. The van der Waals surface area contributed by atoms with Gasteiger partial charge in [0.05, 0.1) is 17.1 Å². The molecule has 4 heteroatoms. The Bertz CT molecular complexity index is 1070. The van der Waals surface area contributed by atoms with E-state index in [-0.39, 0.29) is 11.4 Å². The molecule has 0 saturated heterocycles. The number of hydrogen-bond donors (Lipinski definition) is 0. The van der Waals surface area contributed by atoms with Crippen molar-refractivity contribution < 1.29 is 8.42 Å². The lowest BCUT2D eigenvalue weighted by Gasteiger charge is -2.25. The highest BCUT2D eigenvalue weighted by Gasteiger charge is 2.25. The minimum atomic E-state index is -3.72. The summed E-state index contributed by atoms with van der Waals surface area (Å²) in [5.41, 5.74) is 2.37. The molecule has 0 spiro atoms. The van der Waals surface area contributed by atoms with Crippen molar-refractivity contribution in [2.24, 2.45) is 0 Å². The maximum absolute atomic E-state index is 13.3. The Labute approximate surface area is 155 Å². The van der Waals surface area contributed by atoms with Crippen LogP contribution in [0.25, 0.3) is 16.8 Å². The van der Waals surface area contributed by atoms with Crippen LogP contribution in [-0.2, 0) is 10.0 Å². The topological polar surface area (TPSA) is 37.4 Å². The van der Waals surface area contributed by atoms with E-state index in [2.05, 4.69) is 13.2 Å². The Morgan fingerprint density at radius 3 is 2.15 bits per heavy atom.